The number of hydrogen-bond donors (Lipinski definition) is 1. The lowest BCUT2D eigenvalue weighted by Gasteiger charge is -2.31. The van der Waals surface area contributed by atoms with Crippen molar-refractivity contribution in [3.63, 3.8) is 0 Å². The van der Waals surface area contributed by atoms with E-state index in [1.807, 2.05) is 12.1 Å². The van der Waals surface area contributed by atoms with Crippen LogP contribution in [0.2, 0.25) is 0 Å². The average molecular weight is 256 g/mol. The Morgan fingerprint density at radius 2 is 2.32 bits per heavy atom. The van der Waals surface area contributed by atoms with Crippen LogP contribution in [-0.4, -0.2) is 30.7 Å². The number of rotatable bonds is 4. The van der Waals surface area contributed by atoms with Gasteiger partial charge in [0.1, 0.15) is 11.9 Å². The Kier molecular flexibility index (Phi) is 3.65. The smallest absolute Gasteiger partial charge is 0.146 e. The lowest BCUT2D eigenvalue weighted by Crippen LogP contribution is -2.40. The van der Waals surface area contributed by atoms with Crippen molar-refractivity contribution in [2.45, 2.75) is 31.7 Å². The molecular weight excluding hydrogens is 236 g/mol. The fourth-order valence-electron chi connectivity index (χ4n) is 2.87. The molecule has 1 atom stereocenters. The van der Waals surface area contributed by atoms with Crippen molar-refractivity contribution in [3.8, 4) is 6.07 Å². The van der Waals surface area contributed by atoms with E-state index in [2.05, 4.69) is 21.3 Å². The van der Waals surface area contributed by atoms with E-state index < -0.39 is 0 Å². The van der Waals surface area contributed by atoms with Crippen molar-refractivity contribution >= 4 is 5.82 Å². The minimum absolute atomic E-state index is 0.601. The third-order valence-corrected chi connectivity index (χ3v) is 4.02. The van der Waals surface area contributed by atoms with Crippen LogP contribution in [0, 0.1) is 17.2 Å². The molecule has 4 nitrogen and oxygen atoms in total. The summed E-state index contributed by atoms with van der Waals surface area (Å²) in [5, 5.41) is 12.7. The maximum Gasteiger partial charge on any atom is 0.146 e. The van der Waals surface area contributed by atoms with E-state index in [9.17, 15) is 5.26 Å². The molecule has 1 N–H and O–H groups in total. The van der Waals surface area contributed by atoms with E-state index in [1.54, 1.807) is 6.20 Å². The number of nitrogens with zero attached hydrogens (tertiary/aromatic N) is 3. The molecule has 1 aliphatic carbocycles. The summed E-state index contributed by atoms with van der Waals surface area (Å²) in [7, 11) is 0. The summed E-state index contributed by atoms with van der Waals surface area (Å²) in [6, 6.07) is 6.59. The van der Waals surface area contributed by atoms with E-state index in [4.69, 9.17) is 0 Å². The predicted octanol–water partition coefficient (Wildman–Crippen LogP) is 1.92. The van der Waals surface area contributed by atoms with Crippen LogP contribution >= 0.6 is 0 Å². The first-order chi connectivity index (χ1) is 9.38. The molecule has 1 aliphatic heterocycles. The number of hydrogen-bond acceptors (Lipinski definition) is 4. The van der Waals surface area contributed by atoms with Crippen molar-refractivity contribution in [1.82, 2.24) is 10.3 Å². The van der Waals surface area contributed by atoms with Crippen LogP contribution in [0.3, 0.4) is 0 Å². The molecule has 2 heterocycles. The van der Waals surface area contributed by atoms with Gasteiger partial charge in [0, 0.05) is 18.8 Å². The molecule has 19 heavy (non-hydrogen) atoms. The molecule has 1 aromatic rings. The highest BCUT2D eigenvalue weighted by molar-refractivity contribution is 5.55. The van der Waals surface area contributed by atoms with Crippen LogP contribution in [0.1, 0.15) is 31.2 Å². The van der Waals surface area contributed by atoms with E-state index >= 15 is 0 Å². The second kappa shape index (κ2) is 5.58. The summed E-state index contributed by atoms with van der Waals surface area (Å²) in [4.78, 5) is 6.83. The average Bonchev–Trinajstić information content (AvgIpc) is 3.30. The zero-order valence-corrected chi connectivity index (χ0v) is 11.2. The van der Waals surface area contributed by atoms with Gasteiger partial charge in [0.15, 0.2) is 0 Å². The van der Waals surface area contributed by atoms with Gasteiger partial charge < -0.3 is 10.2 Å². The first-order valence-electron chi connectivity index (χ1n) is 7.21. The molecule has 100 valence electrons. The Bertz CT molecular complexity index is 469. The molecule has 1 aromatic heterocycles. The molecule has 0 radical (unpaired) electrons. The fraction of sp³-hybridized carbons (Fsp3) is 0.600. The SMILES string of the molecule is N#Cc1cccnc1N(CC1CCCNC1)C1CC1. The van der Waals surface area contributed by atoms with Crippen LogP contribution < -0.4 is 10.2 Å². The van der Waals surface area contributed by atoms with Crippen LogP contribution in [0.25, 0.3) is 0 Å². The van der Waals surface area contributed by atoms with Gasteiger partial charge in [0.25, 0.3) is 0 Å². The van der Waals surface area contributed by atoms with Crippen molar-refractivity contribution in [3.05, 3.63) is 23.9 Å². The summed E-state index contributed by atoms with van der Waals surface area (Å²) in [5.41, 5.74) is 0.707. The van der Waals surface area contributed by atoms with Gasteiger partial charge in [0.2, 0.25) is 0 Å². The van der Waals surface area contributed by atoms with Gasteiger partial charge in [-0.2, -0.15) is 5.26 Å². The predicted molar refractivity (Wildman–Crippen MR) is 74.9 cm³/mol. The molecule has 1 saturated carbocycles. The van der Waals surface area contributed by atoms with Crippen molar-refractivity contribution < 1.29 is 0 Å². The van der Waals surface area contributed by atoms with Gasteiger partial charge in [-0.3, -0.25) is 0 Å². The maximum absolute atomic E-state index is 9.25. The standard InChI is InChI=1S/C15H20N4/c16-9-13-4-2-8-18-15(13)19(14-5-6-14)11-12-3-1-7-17-10-12/h2,4,8,12,14,17H,1,3,5-7,10-11H2. The Morgan fingerprint density at radius 3 is 3.00 bits per heavy atom. The summed E-state index contributed by atoms with van der Waals surface area (Å²) >= 11 is 0. The lowest BCUT2D eigenvalue weighted by molar-refractivity contribution is 0.375. The van der Waals surface area contributed by atoms with Crippen LogP contribution in [0.4, 0.5) is 5.82 Å². The summed E-state index contributed by atoms with van der Waals surface area (Å²) < 4.78 is 0. The molecule has 2 aliphatic rings. The minimum atomic E-state index is 0.601. The highest BCUT2D eigenvalue weighted by Crippen LogP contribution is 2.33. The van der Waals surface area contributed by atoms with Gasteiger partial charge in [-0.15, -0.1) is 0 Å². The Hall–Kier alpha value is -1.60. The monoisotopic (exact) mass is 256 g/mol. The Balaban J connectivity index is 1.78. The molecule has 0 spiro atoms. The number of piperidine rings is 1. The van der Waals surface area contributed by atoms with Gasteiger partial charge >= 0.3 is 0 Å². The molecule has 3 rings (SSSR count). The third-order valence-electron chi connectivity index (χ3n) is 4.02. The number of anilines is 1. The topological polar surface area (TPSA) is 52.0 Å². The van der Waals surface area contributed by atoms with Gasteiger partial charge in [-0.1, -0.05) is 0 Å². The van der Waals surface area contributed by atoms with Crippen molar-refractivity contribution in [1.29, 1.82) is 5.26 Å². The molecule has 0 amide bonds. The summed E-state index contributed by atoms with van der Waals surface area (Å²) in [6.45, 7) is 3.27. The molecule has 0 aromatic carbocycles. The lowest BCUT2D eigenvalue weighted by atomic mass is 9.99. The number of aromatic nitrogens is 1. The van der Waals surface area contributed by atoms with Gasteiger partial charge in [-0.25, -0.2) is 4.98 Å². The van der Waals surface area contributed by atoms with Crippen molar-refractivity contribution in [2.75, 3.05) is 24.5 Å². The summed E-state index contributed by atoms with van der Waals surface area (Å²) in [6.07, 6.45) is 6.81. The van der Waals surface area contributed by atoms with Gasteiger partial charge in [-0.05, 0) is 56.8 Å². The quantitative estimate of drug-likeness (QED) is 0.894. The number of nitrogens with one attached hydrogen (secondary N) is 1. The Labute approximate surface area is 114 Å². The highest BCUT2D eigenvalue weighted by Gasteiger charge is 2.33. The van der Waals surface area contributed by atoms with Crippen LogP contribution in [0.15, 0.2) is 18.3 Å². The van der Waals surface area contributed by atoms with E-state index in [0.717, 1.165) is 25.5 Å². The minimum Gasteiger partial charge on any atom is -0.352 e. The first kappa shape index (κ1) is 12.4. The van der Waals surface area contributed by atoms with E-state index in [0.29, 0.717) is 17.5 Å². The van der Waals surface area contributed by atoms with E-state index in [-0.39, 0.29) is 0 Å². The zero-order chi connectivity index (χ0) is 13.1. The third kappa shape index (κ3) is 2.87. The second-order valence-corrected chi connectivity index (χ2v) is 5.58. The largest absolute Gasteiger partial charge is 0.352 e. The van der Waals surface area contributed by atoms with E-state index in [1.165, 1.54) is 25.7 Å². The normalized spacial score (nSPS) is 22.8. The molecule has 4 heteroatoms. The second-order valence-electron chi connectivity index (χ2n) is 5.58. The van der Waals surface area contributed by atoms with Crippen LogP contribution in [0.5, 0.6) is 0 Å². The maximum atomic E-state index is 9.25. The van der Waals surface area contributed by atoms with Gasteiger partial charge in [0.05, 0.1) is 5.56 Å². The number of pyridine rings is 1. The Morgan fingerprint density at radius 1 is 1.42 bits per heavy atom. The molecule has 1 saturated heterocycles. The molecule has 1 unspecified atom stereocenters. The zero-order valence-electron chi connectivity index (χ0n) is 11.2. The number of nitriles is 1. The highest BCUT2D eigenvalue weighted by atomic mass is 15.2. The molecule has 0 bridgehead atoms. The van der Waals surface area contributed by atoms with Crippen LogP contribution in [-0.2, 0) is 0 Å². The fourth-order valence-corrected chi connectivity index (χ4v) is 2.87. The molecular formula is C15H20N4. The molecule has 2 fully saturated rings. The van der Waals surface area contributed by atoms with Crippen molar-refractivity contribution in [2.24, 2.45) is 5.92 Å². The first-order valence-corrected chi connectivity index (χ1v) is 7.21. The summed E-state index contributed by atoms with van der Waals surface area (Å²) in [5.74, 6) is 1.57.